The molecular formula is C13H14F2N2O2S. The van der Waals surface area contributed by atoms with E-state index in [1.54, 1.807) is 4.90 Å². The van der Waals surface area contributed by atoms with Gasteiger partial charge >= 0.3 is 0 Å². The molecule has 1 amide bonds. The van der Waals surface area contributed by atoms with E-state index < -0.39 is 17.7 Å². The normalized spacial score (nSPS) is 18.9. The lowest BCUT2D eigenvalue weighted by Crippen LogP contribution is -2.50. The van der Waals surface area contributed by atoms with Crippen LogP contribution in [0.4, 0.5) is 8.78 Å². The van der Waals surface area contributed by atoms with Gasteiger partial charge in [-0.3, -0.25) is 4.79 Å². The van der Waals surface area contributed by atoms with Crippen molar-refractivity contribution in [2.75, 3.05) is 19.7 Å². The summed E-state index contributed by atoms with van der Waals surface area (Å²) < 4.78 is 31.2. The highest BCUT2D eigenvalue weighted by atomic mass is 32.1. The molecule has 7 heteroatoms. The van der Waals surface area contributed by atoms with E-state index in [0.717, 1.165) is 12.1 Å². The van der Waals surface area contributed by atoms with Crippen molar-refractivity contribution in [2.45, 2.75) is 12.5 Å². The Morgan fingerprint density at radius 3 is 2.85 bits per heavy atom. The first-order valence-corrected chi connectivity index (χ1v) is 6.51. The zero-order chi connectivity index (χ0) is 14.7. The third-order valence-electron chi connectivity index (χ3n) is 3.08. The van der Waals surface area contributed by atoms with Crippen molar-refractivity contribution in [1.29, 1.82) is 0 Å². The van der Waals surface area contributed by atoms with Crippen molar-refractivity contribution in [2.24, 2.45) is 5.73 Å². The number of hydrogen-bond donors (Lipinski definition) is 1. The molecule has 0 aliphatic carbocycles. The summed E-state index contributed by atoms with van der Waals surface area (Å²) in [6, 6.07) is 3.43. The fourth-order valence-corrected chi connectivity index (χ4v) is 2.13. The van der Waals surface area contributed by atoms with Crippen molar-refractivity contribution in [3.05, 3.63) is 35.4 Å². The fourth-order valence-electron chi connectivity index (χ4n) is 1.98. The number of amides is 1. The minimum Gasteiger partial charge on any atom is -0.391 e. The number of ether oxygens (including phenoxy) is 1. The lowest BCUT2D eigenvalue weighted by molar-refractivity contribution is -0.135. The highest BCUT2D eigenvalue weighted by Gasteiger charge is 2.25. The molecule has 1 aromatic rings. The largest absolute Gasteiger partial charge is 0.391 e. The van der Waals surface area contributed by atoms with E-state index >= 15 is 0 Å². The number of nitrogens with two attached hydrogens (primary N) is 1. The molecule has 1 atom stereocenters. The number of halogens is 2. The van der Waals surface area contributed by atoms with Crippen molar-refractivity contribution in [1.82, 2.24) is 4.90 Å². The number of benzene rings is 1. The molecule has 1 saturated heterocycles. The van der Waals surface area contributed by atoms with Crippen molar-refractivity contribution in [3.8, 4) is 0 Å². The number of nitrogens with zero attached hydrogens (tertiary/aromatic N) is 1. The maximum Gasteiger partial charge on any atom is 0.227 e. The average molecular weight is 300 g/mol. The summed E-state index contributed by atoms with van der Waals surface area (Å²) in [4.78, 5) is 13.9. The number of hydrogen-bond acceptors (Lipinski definition) is 3. The predicted octanol–water partition coefficient (Wildman–Crippen LogP) is 1.02. The van der Waals surface area contributed by atoms with E-state index in [2.05, 4.69) is 0 Å². The van der Waals surface area contributed by atoms with Crippen LogP contribution in [0.5, 0.6) is 0 Å². The number of carbonyl (C=O) groups excluding carboxylic acids is 1. The molecule has 0 saturated carbocycles. The Hall–Kier alpha value is -1.60. The molecule has 108 valence electrons. The Morgan fingerprint density at radius 2 is 2.20 bits per heavy atom. The van der Waals surface area contributed by atoms with Gasteiger partial charge in [0.2, 0.25) is 5.91 Å². The molecule has 1 aromatic carbocycles. The van der Waals surface area contributed by atoms with Crippen LogP contribution in [0.15, 0.2) is 18.2 Å². The molecule has 4 nitrogen and oxygen atoms in total. The van der Waals surface area contributed by atoms with Crippen molar-refractivity contribution < 1.29 is 18.3 Å². The van der Waals surface area contributed by atoms with Gasteiger partial charge in [-0.1, -0.05) is 18.3 Å². The first-order chi connectivity index (χ1) is 9.47. The topological polar surface area (TPSA) is 55.6 Å². The van der Waals surface area contributed by atoms with Gasteiger partial charge in [0.25, 0.3) is 0 Å². The third-order valence-corrected chi connectivity index (χ3v) is 3.34. The predicted molar refractivity (Wildman–Crippen MR) is 73.2 cm³/mol. The standard InChI is InChI=1S/C13H14F2N2O2S/c14-9-2-1-8(5-10(9)15)6-12(18)17-3-4-19-11(7-17)13(16)20/h1-2,5,11H,3-4,6-7H2,(H2,16,20). The maximum atomic E-state index is 13.1. The first-order valence-electron chi connectivity index (χ1n) is 6.10. The molecular weight excluding hydrogens is 286 g/mol. The zero-order valence-electron chi connectivity index (χ0n) is 10.6. The Balaban J connectivity index is 2.00. The number of morpholine rings is 1. The average Bonchev–Trinajstić information content (AvgIpc) is 2.43. The lowest BCUT2D eigenvalue weighted by atomic mass is 10.1. The molecule has 2 rings (SSSR count). The smallest absolute Gasteiger partial charge is 0.227 e. The van der Waals surface area contributed by atoms with E-state index in [1.807, 2.05) is 0 Å². The maximum absolute atomic E-state index is 13.1. The van der Waals surface area contributed by atoms with Gasteiger partial charge < -0.3 is 15.4 Å². The van der Waals surface area contributed by atoms with Gasteiger partial charge in [-0.15, -0.1) is 0 Å². The van der Waals surface area contributed by atoms with Gasteiger partial charge in [-0.2, -0.15) is 0 Å². The fraction of sp³-hybridized carbons (Fsp3) is 0.385. The highest BCUT2D eigenvalue weighted by Crippen LogP contribution is 2.12. The Bertz CT molecular complexity index is 539. The Labute approximate surface area is 120 Å². The Kier molecular flexibility index (Phi) is 4.61. The van der Waals surface area contributed by atoms with E-state index in [0.29, 0.717) is 18.7 Å². The number of thiocarbonyl (C=S) groups is 1. The minimum atomic E-state index is -0.960. The number of carbonyl (C=O) groups is 1. The molecule has 1 aliphatic rings. The summed E-state index contributed by atoms with van der Waals surface area (Å²) in [5, 5.41) is 0. The molecule has 0 aromatic heterocycles. The van der Waals surface area contributed by atoms with Crippen molar-refractivity contribution >= 4 is 23.1 Å². The summed E-state index contributed by atoms with van der Waals surface area (Å²) in [5.74, 6) is -2.08. The highest BCUT2D eigenvalue weighted by molar-refractivity contribution is 7.80. The van der Waals surface area contributed by atoms with Gasteiger partial charge in [-0.05, 0) is 17.7 Å². The van der Waals surface area contributed by atoms with E-state index in [1.165, 1.54) is 6.07 Å². The van der Waals surface area contributed by atoms with Crippen LogP contribution in [-0.2, 0) is 16.0 Å². The van der Waals surface area contributed by atoms with Gasteiger partial charge in [-0.25, -0.2) is 8.78 Å². The van der Waals surface area contributed by atoms with Crippen LogP contribution < -0.4 is 5.73 Å². The van der Waals surface area contributed by atoms with Gasteiger partial charge in [0.05, 0.1) is 19.6 Å². The molecule has 0 bridgehead atoms. The van der Waals surface area contributed by atoms with E-state index in [9.17, 15) is 13.6 Å². The molecule has 1 aliphatic heterocycles. The van der Waals surface area contributed by atoms with Gasteiger partial charge in [0.1, 0.15) is 11.1 Å². The summed E-state index contributed by atoms with van der Waals surface area (Å²) >= 11 is 4.84. The second kappa shape index (κ2) is 6.23. The third kappa shape index (κ3) is 3.49. The van der Waals surface area contributed by atoms with E-state index in [-0.39, 0.29) is 23.9 Å². The monoisotopic (exact) mass is 300 g/mol. The number of rotatable bonds is 3. The summed E-state index contributed by atoms with van der Waals surface area (Å²) in [7, 11) is 0. The van der Waals surface area contributed by atoms with E-state index in [4.69, 9.17) is 22.7 Å². The summed E-state index contributed by atoms with van der Waals surface area (Å²) in [5.41, 5.74) is 5.92. The SMILES string of the molecule is NC(=S)C1CN(C(=O)Cc2ccc(F)c(F)c2)CCO1. The molecule has 0 radical (unpaired) electrons. The zero-order valence-corrected chi connectivity index (χ0v) is 11.5. The molecule has 20 heavy (non-hydrogen) atoms. The van der Waals surface area contributed by atoms with Crippen LogP contribution in [-0.4, -0.2) is 41.6 Å². The van der Waals surface area contributed by atoms with Crippen LogP contribution in [0, 0.1) is 11.6 Å². The molecule has 1 heterocycles. The summed E-state index contributed by atoms with van der Waals surface area (Å²) in [6.07, 6.45) is -0.450. The quantitative estimate of drug-likeness (QED) is 0.847. The Morgan fingerprint density at radius 1 is 1.45 bits per heavy atom. The van der Waals surface area contributed by atoms with Crippen LogP contribution in [0.3, 0.4) is 0 Å². The van der Waals surface area contributed by atoms with Crippen LogP contribution in [0.1, 0.15) is 5.56 Å². The minimum absolute atomic E-state index is 0.00124. The van der Waals surface area contributed by atoms with Crippen molar-refractivity contribution in [3.63, 3.8) is 0 Å². The van der Waals surface area contributed by atoms with Gasteiger partial charge in [0, 0.05) is 6.54 Å². The summed E-state index contributed by atoms with van der Waals surface area (Å²) in [6.45, 7) is 1.07. The molecule has 1 fully saturated rings. The second-order valence-electron chi connectivity index (χ2n) is 4.53. The molecule has 2 N–H and O–H groups in total. The van der Waals surface area contributed by atoms with Gasteiger partial charge in [0.15, 0.2) is 11.6 Å². The second-order valence-corrected chi connectivity index (χ2v) is 5.00. The molecule has 1 unspecified atom stereocenters. The lowest BCUT2D eigenvalue weighted by Gasteiger charge is -2.32. The first kappa shape index (κ1) is 14.8. The molecule has 0 spiro atoms. The van der Waals surface area contributed by atoms with Crippen LogP contribution in [0.2, 0.25) is 0 Å². The van der Waals surface area contributed by atoms with Crippen LogP contribution >= 0.6 is 12.2 Å². The van der Waals surface area contributed by atoms with Crippen LogP contribution in [0.25, 0.3) is 0 Å².